The summed E-state index contributed by atoms with van der Waals surface area (Å²) >= 11 is 0. The molecular formula is C12H18O2. The first-order chi connectivity index (χ1) is 6.83. The third kappa shape index (κ3) is 2.06. The Balaban J connectivity index is 1.84. The first-order valence-electron chi connectivity index (χ1n) is 5.60. The number of fused-ring (bicyclic) bond motifs is 1. The lowest BCUT2D eigenvalue weighted by atomic mass is 10.1. The average Bonchev–Trinajstić information content (AvgIpc) is 2.75. The van der Waals surface area contributed by atoms with E-state index in [1.165, 1.54) is 25.7 Å². The molecular weight excluding hydrogens is 176 g/mol. The third-order valence-electron chi connectivity index (χ3n) is 3.65. The van der Waals surface area contributed by atoms with Crippen LogP contribution in [-0.2, 0) is 4.79 Å². The van der Waals surface area contributed by atoms with Crippen molar-refractivity contribution in [2.24, 2.45) is 17.8 Å². The monoisotopic (exact) mass is 194 g/mol. The molecule has 0 aromatic rings. The summed E-state index contributed by atoms with van der Waals surface area (Å²) in [6.45, 7) is -0.270. The summed E-state index contributed by atoms with van der Waals surface area (Å²) in [6, 6.07) is 0. The van der Waals surface area contributed by atoms with Crippen LogP contribution in [0.2, 0.25) is 0 Å². The van der Waals surface area contributed by atoms with Gasteiger partial charge in [0.25, 0.3) is 0 Å². The molecule has 0 aliphatic heterocycles. The molecule has 0 aromatic heterocycles. The van der Waals surface area contributed by atoms with E-state index >= 15 is 0 Å². The van der Waals surface area contributed by atoms with Gasteiger partial charge >= 0.3 is 0 Å². The second-order valence-electron chi connectivity index (χ2n) is 4.52. The molecule has 2 rings (SSSR count). The zero-order chi connectivity index (χ0) is 9.97. The van der Waals surface area contributed by atoms with E-state index in [0.29, 0.717) is 12.3 Å². The van der Waals surface area contributed by atoms with Gasteiger partial charge in [0.2, 0.25) is 0 Å². The maximum atomic E-state index is 11.1. The third-order valence-corrected chi connectivity index (χ3v) is 3.65. The number of aliphatic hydroxyl groups excluding tert-OH is 1. The maximum Gasteiger partial charge on any atom is 0.158 e. The predicted molar refractivity (Wildman–Crippen MR) is 54.8 cm³/mol. The second kappa shape index (κ2) is 4.26. The van der Waals surface area contributed by atoms with Crippen LogP contribution in [0.3, 0.4) is 0 Å². The lowest BCUT2D eigenvalue weighted by Crippen LogP contribution is -2.05. The molecule has 1 unspecified atom stereocenters. The number of aliphatic hydroxyl groups is 1. The van der Waals surface area contributed by atoms with Gasteiger partial charge < -0.3 is 5.11 Å². The fourth-order valence-electron chi connectivity index (χ4n) is 2.82. The fraction of sp³-hybridized carbons (Fsp3) is 0.750. The van der Waals surface area contributed by atoms with Gasteiger partial charge in [0.1, 0.15) is 6.61 Å². The van der Waals surface area contributed by atoms with Crippen LogP contribution in [0.4, 0.5) is 0 Å². The van der Waals surface area contributed by atoms with Crippen LogP contribution in [0.5, 0.6) is 0 Å². The topological polar surface area (TPSA) is 37.3 Å². The molecule has 2 heteroatoms. The van der Waals surface area contributed by atoms with Gasteiger partial charge in [-0.2, -0.15) is 0 Å². The molecule has 3 atom stereocenters. The van der Waals surface area contributed by atoms with Crippen LogP contribution >= 0.6 is 0 Å². The Hall–Kier alpha value is -0.630. The van der Waals surface area contributed by atoms with Crippen LogP contribution in [-0.4, -0.2) is 17.5 Å². The van der Waals surface area contributed by atoms with Crippen molar-refractivity contribution in [1.29, 1.82) is 0 Å². The van der Waals surface area contributed by atoms with Gasteiger partial charge in [0, 0.05) is 6.42 Å². The molecule has 2 aliphatic rings. The molecule has 0 saturated heterocycles. The maximum absolute atomic E-state index is 11.1. The molecule has 0 spiro atoms. The summed E-state index contributed by atoms with van der Waals surface area (Å²) < 4.78 is 0. The van der Waals surface area contributed by atoms with Gasteiger partial charge in [-0.1, -0.05) is 12.2 Å². The van der Waals surface area contributed by atoms with Gasteiger partial charge in [-0.25, -0.2) is 0 Å². The Bertz CT molecular complexity index is 229. The van der Waals surface area contributed by atoms with Crippen molar-refractivity contribution in [2.45, 2.75) is 32.1 Å². The fourth-order valence-corrected chi connectivity index (χ4v) is 2.82. The highest BCUT2D eigenvalue weighted by Gasteiger charge is 2.48. The van der Waals surface area contributed by atoms with Crippen molar-refractivity contribution in [3.8, 4) is 0 Å². The van der Waals surface area contributed by atoms with Crippen molar-refractivity contribution in [3.63, 3.8) is 0 Å². The minimum Gasteiger partial charge on any atom is -0.389 e. The Kier molecular flexibility index (Phi) is 3.02. The zero-order valence-electron chi connectivity index (χ0n) is 8.48. The molecule has 0 amide bonds. The van der Waals surface area contributed by atoms with Crippen LogP contribution in [0.15, 0.2) is 12.2 Å². The molecule has 1 fully saturated rings. The lowest BCUT2D eigenvalue weighted by Gasteiger charge is -1.99. The summed E-state index contributed by atoms with van der Waals surface area (Å²) in [5.74, 6) is 2.16. The zero-order valence-corrected chi connectivity index (χ0v) is 8.48. The van der Waals surface area contributed by atoms with E-state index in [4.69, 9.17) is 5.11 Å². The number of hydrogen-bond donors (Lipinski definition) is 1. The van der Waals surface area contributed by atoms with E-state index in [2.05, 4.69) is 12.2 Å². The molecule has 0 bridgehead atoms. The van der Waals surface area contributed by atoms with Gasteiger partial charge in [0.15, 0.2) is 5.78 Å². The average molecular weight is 194 g/mol. The highest BCUT2D eigenvalue weighted by Crippen LogP contribution is 2.54. The standard InChI is InChI=1S/C12H18O2/c13-8-9(14)7-12-10-5-3-1-2-4-6-11(10)12/h1-2,10-13H,3-8H2/b2-1-/t10-,11+,12?. The predicted octanol–water partition coefficient (Wildman–Crippen LogP) is 1.93. The molecule has 0 aromatic carbocycles. The van der Waals surface area contributed by atoms with Crippen LogP contribution in [0, 0.1) is 17.8 Å². The van der Waals surface area contributed by atoms with Gasteiger partial charge in [-0.15, -0.1) is 0 Å². The summed E-state index contributed by atoms with van der Waals surface area (Å²) in [5.41, 5.74) is 0. The molecule has 78 valence electrons. The molecule has 1 saturated carbocycles. The minimum absolute atomic E-state index is 0.0229. The largest absolute Gasteiger partial charge is 0.389 e. The quantitative estimate of drug-likeness (QED) is 0.697. The molecule has 2 aliphatic carbocycles. The Labute approximate surface area is 85.0 Å². The molecule has 14 heavy (non-hydrogen) atoms. The summed E-state index contributed by atoms with van der Waals surface area (Å²) in [7, 11) is 0. The van der Waals surface area contributed by atoms with E-state index < -0.39 is 0 Å². The SMILES string of the molecule is O=C(CO)CC1[C@H]2CC/C=C\CC[C@@H]12. The van der Waals surface area contributed by atoms with E-state index in [1.807, 2.05) is 0 Å². The lowest BCUT2D eigenvalue weighted by molar-refractivity contribution is -0.122. The van der Waals surface area contributed by atoms with Gasteiger partial charge in [-0.3, -0.25) is 4.79 Å². The van der Waals surface area contributed by atoms with Crippen LogP contribution in [0.25, 0.3) is 0 Å². The summed E-state index contributed by atoms with van der Waals surface area (Å²) in [6.07, 6.45) is 9.97. The molecule has 0 radical (unpaired) electrons. The number of ketones is 1. The van der Waals surface area contributed by atoms with Gasteiger partial charge in [-0.05, 0) is 43.4 Å². The number of Topliss-reactive ketones (excluding diaryl/α,β-unsaturated/α-hetero) is 1. The smallest absolute Gasteiger partial charge is 0.158 e. The van der Waals surface area contributed by atoms with E-state index in [0.717, 1.165) is 11.8 Å². The van der Waals surface area contributed by atoms with Crippen molar-refractivity contribution in [1.82, 2.24) is 0 Å². The second-order valence-corrected chi connectivity index (χ2v) is 4.52. The van der Waals surface area contributed by atoms with Crippen LogP contribution < -0.4 is 0 Å². The van der Waals surface area contributed by atoms with E-state index in [-0.39, 0.29) is 12.4 Å². The van der Waals surface area contributed by atoms with Crippen molar-refractivity contribution >= 4 is 5.78 Å². The first-order valence-corrected chi connectivity index (χ1v) is 5.60. The number of hydrogen-bond acceptors (Lipinski definition) is 2. The molecule has 0 heterocycles. The number of allylic oxidation sites excluding steroid dienone is 2. The highest BCUT2D eigenvalue weighted by atomic mass is 16.3. The van der Waals surface area contributed by atoms with Crippen molar-refractivity contribution in [3.05, 3.63) is 12.2 Å². The normalized spacial score (nSPS) is 37.9. The van der Waals surface area contributed by atoms with Crippen LogP contribution in [0.1, 0.15) is 32.1 Å². The van der Waals surface area contributed by atoms with E-state index in [1.54, 1.807) is 0 Å². The highest BCUT2D eigenvalue weighted by molar-refractivity contribution is 5.80. The molecule has 1 N–H and O–H groups in total. The van der Waals surface area contributed by atoms with Crippen molar-refractivity contribution < 1.29 is 9.90 Å². The minimum atomic E-state index is -0.270. The summed E-state index contributed by atoms with van der Waals surface area (Å²) in [4.78, 5) is 11.1. The number of rotatable bonds is 3. The number of carbonyl (C=O) groups excluding carboxylic acids is 1. The molecule has 2 nitrogen and oxygen atoms in total. The van der Waals surface area contributed by atoms with Gasteiger partial charge in [0.05, 0.1) is 0 Å². The Morgan fingerprint density at radius 2 is 1.79 bits per heavy atom. The number of carbonyl (C=O) groups is 1. The Morgan fingerprint density at radius 1 is 1.21 bits per heavy atom. The first kappa shape index (κ1) is 9.91. The summed E-state index contributed by atoms with van der Waals surface area (Å²) in [5, 5.41) is 8.69. The van der Waals surface area contributed by atoms with E-state index in [9.17, 15) is 4.79 Å². The van der Waals surface area contributed by atoms with Crippen molar-refractivity contribution in [2.75, 3.05) is 6.61 Å². The Morgan fingerprint density at radius 3 is 2.29 bits per heavy atom.